The summed E-state index contributed by atoms with van der Waals surface area (Å²) < 4.78 is 25.9. The average molecular weight is 555 g/mol. The molecule has 0 heterocycles. The Kier molecular flexibility index (Phi) is 22.1. The summed E-state index contributed by atoms with van der Waals surface area (Å²) in [7, 11) is 0. The van der Waals surface area contributed by atoms with Gasteiger partial charge in [-0.25, -0.2) is 9.59 Å². The summed E-state index contributed by atoms with van der Waals surface area (Å²) >= 11 is 0. The third kappa shape index (κ3) is 16.8. The van der Waals surface area contributed by atoms with E-state index in [-0.39, 0.29) is 44.7 Å². The zero-order valence-electron chi connectivity index (χ0n) is 22.6. The molecule has 0 fully saturated rings. The minimum atomic E-state index is -1.16. The van der Waals surface area contributed by atoms with Gasteiger partial charge in [0.15, 0.2) is 0 Å². The molecule has 3 unspecified atom stereocenters. The molecule has 0 spiro atoms. The summed E-state index contributed by atoms with van der Waals surface area (Å²) in [6.45, 7) is 9.74. The number of aliphatic hydroxyl groups excluding tert-OH is 6. The molecule has 13 nitrogen and oxygen atoms in total. The fourth-order valence-electron chi connectivity index (χ4n) is 2.29. The van der Waals surface area contributed by atoms with E-state index >= 15 is 0 Å². The fraction of sp³-hybridized carbons (Fsp3) is 0.760. The number of esters is 2. The molecule has 0 aromatic heterocycles. The van der Waals surface area contributed by atoms with E-state index in [0.717, 1.165) is 12.2 Å². The van der Waals surface area contributed by atoms with Crippen molar-refractivity contribution in [1.29, 1.82) is 0 Å². The second kappa shape index (κ2) is 21.9. The molecule has 0 aliphatic rings. The SMILES string of the molecule is C=CC(=O)OCC(C)OCC(C)OCC(C)OC(=O)C=C.OCC(CO)(CO)COCC(CO)(CO)CO. The van der Waals surface area contributed by atoms with Gasteiger partial charge in [0.1, 0.15) is 12.7 Å². The van der Waals surface area contributed by atoms with Crippen LogP contribution in [0, 0.1) is 10.8 Å². The largest absolute Gasteiger partial charge is 0.460 e. The van der Waals surface area contributed by atoms with Crippen LogP contribution < -0.4 is 0 Å². The smallest absolute Gasteiger partial charge is 0.330 e. The molecule has 0 amide bonds. The molecular weight excluding hydrogens is 508 g/mol. The van der Waals surface area contributed by atoms with Gasteiger partial charge in [0.2, 0.25) is 0 Å². The molecule has 3 atom stereocenters. The van der Waals surface area contributed by atoms with Gasteiger partial charge in [-0.05, 0) is 20.8 Å². The normalized spacial score (nSPS) is 13.9. The Hall–Kier alpha value is -1.94. The molecule has 0 aliphatic carbocycles. The van der Waals surface area contributed by atoms with Gasteiger partial charge in [-0.2, -0.15) is 0 Å². The zero-order valence-corrected chi connectivity index (χ0v) is 22.6. The minimum Gasteiger partial charge on any atom is -0.460 e. The number of hydrogen-bond donors (Lipinski definition) is 6. The maximum atomic E-state index is 11.0. The lowest BCUT2D eigenvalue weighted by Gasteiger charge is -2.31. The van der Waals surface area contributed by atoms with Crippen LogP contribution in [0.2, 0.25) is 0 Å². The fourth-order valence-corrected chi connectivity index (χ4v) is 2.29. The van der Waals surface area contributed by atoms with Crippen LogP contribution >= 0.6 is 0 Å². The van der Waals surface area contributed by atoms with Gasteiger partial charge < -0.3 is 54.3 Å². The minimum absolute atomic E-state index is 0.141. The molecule has 0 aromatic rings. The zero-order chi connectivity index (χ0) is 29.6. The third-order valence-electron chi connectivity index (χ3n) is 5.17. The van der Waals surface area contributed by atoms with Crippen LogP contribution in [0.3, 0.4) is 0 Å². The van der Waals surface area contributed by atoms with Gasteiger partial charge in [0.25, 0.3) is 0 Å². The molecule has 0 rings (SSSR count). The van der Waals surface area contributed by atoms with Crippen LogP contribution in [0.25, 0.3) is 0 Å². The first kappa shape index (κ1) is 38.2. The van der Waals surface area contributed by atoms with Crippen LogP contribution in [0.5, 0.6) is 0 Å². The van der Waals surface area contributed by atoms with E-state index in [1.807, 2.05) is 6.92 Å². The second-order valence-corrected chi connectivity index (χ2v) is 9.02. The Labute approximate surface area is 224 Å². The Balaban J connectivity index is 0. The quantitative estimate of drug-likeness (QED) is 0.0713. The summed E-state index contributed by atoms with van der Waals surface area (Å²) in [5.41, 5.74) is -2.32. The van der Waals surface area contributed by atoms with Crippen molar-refractivity contribution in [2.75, 3.05) is 72.7 Å². The molecular formula is C25H46O13. The third-order valence-corrected chi connectivity index (χ3v) is 5.17. The van der Waals surface area contributed by atoms with Crippen LogP contribution in [-0.4, -0.2) is 134 Å². The summed E-state index contributed by atoms with van der Waals surface area (Å²) in [4.78, 5) is 21.8. The van der Waals surface area contributed by atoms with Crippen molar-refractivity contribution in [2.24, 2.45) is 10.8 Å². The van der Waals surface area contributed by atoms with Crippen molar-refractivity contribution in [2.45, 2.75) is 39.1 Å². The highest BCUT2D eigenvalue weighted by molar-refractivity contribution is 5.81. The summed E-state index contributed by atoms with van der Waals surface area (Å²) in [5, 5.41) is 54.2. The first-order valence-corrected chi connectivity index (χ1v) is 12.0. The predicted octanol–water partition coefficient (Wildman–Crippen LogP) is -1.43. The monoisotopic (exact) mass is 554 g/mol. The summed E-state index contributed by atoms with van der Waals surface area (Å²) in [5.74, 6) is -0.958. The lowest BCUT2D eigenvalue weighted by molar-refractivity contribution is -0.148. The first-order valence-electron chi connectivity index (χ1n) is 12.0. The second-order valence-electron chi connectivity index (χ2n) is 9.02. The maximum absolute atomic E-state index is 11.0. The molecule has 0 bridgehead atoms. The van der Waals surface area contributed by atoms with Crippen LogP contribution in [0.15, 0.2) is 25.3 Å². The number of carbonyl (C=O) groups is 2. The summed E-state index contributed by atoms with van der Waals surface area (Å²) in [6, 6.07) is 0. The van der Waals surface area contributed by atoms with Gasteiger partial charge >= 0.3 is 11.9 Å². The lowest BCUT2D eigenvalue weighted by atomic mass is 9.91. The Morgan fingerprint density at radius 3 is 1.39 bits per heavy atom. The number of ether oxygens (including phenoxy) is 5. The Bertz CT molecular complexity index is 611. The Morgan fingerprint density at radius 1 is 0.658 bits per heavy atom. The average Bonchev–Trinajstić information content (AvgIpc) is 2.94. The van der Waals surface area contributed by atoms with Gasteiger partial charge in [-0.1, -0.05) is 13.2 Å². The van der Waals surface area contributed by atoms with Gasteiger partial charge in [0.05, 0.1) is 89.1 Å². The molecule has 0 saturated heterocycles. The molecule has 13 heteroatoms. The molecule has 0 aromatic carbocycles. The highest BCUT2D eigenvalue weighted by atomic mass is 16.6. The van der Waals surface area contributed by atoms with Crippen LogP contribution in [0.1, 0.15) is 20.8 Å². The van der Waals surface area contributed by atoms with Gasteiger partial charge in [-0.3, -0.25) is 0 Å². The lowest BCUT2D eigenvalue weighted by Crippen LogP contribution is -2.43. The van der Waals surface area contributed by atoms with Crippen molar-refractivity contribution >= 4 is 11.9 Å². The molecule has 38 heavy (non-hydrogen) atoms. The highest BCUT2D eigenvalue weighted by Gasteiger charge is 2.32. The van der Waals surface area contributed by atoms with Gasteiger partial charge in [0, 0.05) is 12.2 Å². The topological polar surface area (TPSA) is 202 Å². The van der Waals surface area contributed by atoms with Crippen LogP contribution in [-0.2, 0) is 33.3 Å². The van der Waals surface area contributed by atoms with Gasteiger partial charge in [-0.15, -0.1) is 0 Å². The van der Waals surface area contributed by atoms with E-state index in [9.17, 15) is 9.59 Å². The van der Waals surface area contributed by atoms with E-state index in [0.29, 0.717) is 6.61 Å². The molecule has 0 saturated carbocycles. The van der Waals surface area contributed by atoms with Crippen molar-refractivity contribution in [3.63, 3.8) is 0 Å². The highest BCUT2D eigenvalue weighted by Crippen LogP contribution is 2.19. The number of hydrogen-bond acceptors (Lipinski definition) is 13. The molecule has 224 valence electrons. The van der Waals surface area contributed by atoms with E-state index in [4.69, 9.17) is 54.3 Å². The van der Waals surface area contributed by atoms with E-state index in [2.05, 4.69) is 13.2 Å². The number of rotatable bonds is 21. The van der Waals surface area contributed by atoms with Crippen LogP contribution in [0.4, 0.5) is 0 Å². The summed E-state index contributed by atoms with van der Waals surface area (Å²) in [6.07, 6.45) is 1.44. The van der Waals surface area contributed by atoms with Crippen molar-refractivity contribution in [1.82, 2.24) is 0 Å². The number of carbonyl (C=O) groups excluding carboxylic acids is 2. The number of aliphatic hydroxyl groups is 6. The van der Waals surface area contributed by atoms with Crippen molar-refractivity contribution in [3.05, 3.63) is 25.3 Å². The molecule has 0 radical (unpaired) electrons. The predicted molar refractivity (Wildman–Crippen MR) is 136 cm³/mol. The first-order chi connectivity index (χ1) is 18.0. The van der Waals surface area contributed by atoms with Crippen molar-refractivity contribution < 1.29 is 63.9 Å². The van der Waals surface area contributed by atoms with E-state index < -0.39 is 62.4 Å². The van der Waals surface area contributed by atoms with E-state index in [1.165, 1.54) is 0 Å². The maximum Gasteiger partial charge on any atom is 0.330 e. The molecule has 0 aliphatic heterocycles. The standard InChI is InChI=1S/C15H24O6.C10H22O7/c1-6-14(16)20-9-12(4)18-8-11(3)19-10-13(5)21-15(17)7-2;11-1-9(2-12,3-13)7-17-8-10(4-14,5-15)6-16/h6-7,11-13H,1-2,8-10H2,3-5H3;11-16H,1-8H2. The Morgan fingerprint density at radius 2 is 1.03 bits per heavy atom. The molecule has 6 N–H and O–H groups in total. The van der Waals surface area contributed by atoms with E-state index in [1.54, 1.807) is 13.8 Å². The van der Waals surface area contributed by atoms with Crippen molar-refractivity contribution in [3.8, 4) is 0 Å².